The fourth-order valence-corrected chi connectivity index (χ4v) is 3.32. The highest BCUT2D eigenvalue weighted by Crippen LogP contribution is 2.51. The van der Waals surface area contributed by atoms with Crippen LogP contribution in [-0.2, 0) is 9.47 Å². The van der Waals surface area contributed by atoms with E-state index in [1.165, 1.54) is 0 Å². The van der Waals surface area contributed by atoms with Crippen molar-refractivity contribution in [3.8, 4) is 0 Å². The van der Waals surface area contributed by atoms with Crippen LogP contribution in [0.15, 0.2) is 12.2 Å². The molecule has 16 heavy (non-hydrogen) atoms. The third-order valence-electron chi connectivity index (χ3n) is 4.43. The van der Waals surface area contributed by atoms with Gasteiger partial charge in [0.05, 0.1) is 13.2 Å². The molecule has 0 aromatic carbocycles. The molecule has 0 unspecified atom stereocenters. The Morgan fingerprint density at radius 1 is 1.06 bits per heavy atom. The summed E-state index contributed by atoms with van der Waals surface area (Å²) < 4.78 is 12.1. The van der Waals surface area contributed by atoms with Crippen LogP contribution in [-0.4, -0.2) is 19.0 Å². The molecule has 3 aliphatic rings. The van der Waals surface area contributed by atoms with Crippen LogP contribution < -0.4 is 0 Å². The number of ether oxygens (including phenoxy) is 2. The first-order valence-electron chi connectivity index (χ1n) is 6.46. The van der Waals surface area contributed by atoms with Crippen molar-refractivity contribution in [1.82, 2.24) is 0 Å². The van der Waals surface area contributed by atoms with Crippen LogP contribution >= 0.6 is 0 Å². The summed E-state index contributed by atoms with van der Waals surface area (Å²) in [6, 6.07) is 0. The molecule has 1 aliphatic heterocycles. The third kappa shape index (κ3) is 1.63. The van der Waals surface area contributed by atoms with E-state index < -0.39 is 0 Å². The van der Waals surface area contributed by atoms with Crippen LogP contribution in [0.5, 0.6) is 0 Å². The average molecular weight is 222 g/mol. The summed E-state index contributed by atoms with van der Waals surface area (Å²) in [7, 11) is 0. The quantitative estimate of drug-likeness (QED) is 0.587. The lowest BCUT2D eigenvalue weighted by Crippen LogP contribution is -2.46. The van der Waals surface area contributed by atoms with E-state index in [2.05, 4.69) is 32.9 Å². The summed E-state index contributed by atoms with van der Waals surface area (Å²) in [6.45, 7) is 8.40. The van der Waals surface area contributed by atoms with E-state index in [4.69, 9.17) is 9.47 Å². The van der Waals surface area contributed by atoms with E-state index in [9.17, 15) is 0 Å². The summed E-state index contributed by atoms with van der Waals surface area (Å²) in [5.74, 6) is 1.90. The zero-order valence-electron chi connectivity index (χ0n) is 10.5. The summed E-state index contributed by atoms with van der Waals surface area (Å²) in [4.78, 5) is 0. The maximum absolute atomic E-state index is 6.07. The van der Waals surface area contributed by atoms with Crippen LogP contribution in [0.3, 0.4) is 0 Å². The Hall–Kier alpha value is -0.340. The monoisotopic (exact) mass is 222 g/mol. The lowest BCUT2D eigenvalue weighted by atomic mass is 9.92. The molecule has 2 nitrogen and oxygen atoms in total. The third-order valence-corrected chi connectivity index (χ3v) is 4.43. The van der Waals surface area contributed by atoms with Gasteiger partial charge in [0.1, 0.15) is 0 Å². The molecule has 2 heteroatoms. The van der Waals surface area contributed by atoms with Crippen LogP contribution in [0.25, 0.3) is 0 Å². The molecule has 90 valence electrons. The van der Waals surface area contributed by atoms with Gasteiger partial charge in [-0.1, -0.05) is 32.9 Å². The molecule has 0 aromatic rings. The Morgan fingerprint density at radius 3 is 2.38 bits per heavy atom. The minimum Gasteiger partial charge on any atom is -0.349 e. The molecule has 3 rings (SSSR count). The highest BCUT2D eigenvalue weighted by molar-refractivity contribution is 5.12. The van der Waals surface area contributed by atoms with Crippen molar-refractivity contribution in [2.45, 2.75) is 39.4 Å². The molecular formula is C14H22O2. The van der Waals surface area contributed by atoms with Crippen LogP contribution in [0.4, 0.5) is 0 Å². The summed E-state index contributed by atoms with van der Waals surface area (Å²) >= 11 is 0. The fraction of sp³-hybridized carbons (Fsp3) is 0.857. The Morgan fingerprint density at radius 2 is 1.75 bits per heavy atom. The standard InChI is InChI=1S/C14H22O2/c1-10-4-5-11-6-14(7-12(10)11)15-8-13(2,3)9-16-14/h4-5,10-12H,6-9H2,1-3H3/t10-,11+,12+/m0/s1. The van der Waals surface area contributed by atoms with Gasteiger partial charge < -0.3 is 9.47 Å². The van der Waals surface area contributed by atoms with Crippen molar-refractivity contribution in [2.24, 2.45) is 23.2 Å². The molecular weight excluding hydrogens is 200 g/mol. The molecule has 1 saturated carbocycles. The van der Waals surface area contributed by atoms with E-state index in [-0.39, 0.29) is 11.2 Å². The first-order chi connectivity index (χ1) is 7.50. The van der Waals surface area contributed by atoms with E-state index in [0.29, 0.717) is 11.8 Å². The van der Waals surface area contributed by atoms with Crippen molar-refractivity contribution >= 4 is 0 Å². The molecule has 0 bridgehead atoms. The van der Waals surface area contributed by atoms with Gasteiger partial charge in [-0.2, -0.15) is 0 Å². The van der Waals surface area contributed by atoms with Gasteiger partial charge in [-0.3, -0.25) is 0 Å². The van der Waals surface area contributed by atoms with Gasteiger partial charge in [0.25, 0.3) is 0 Å². The van der Waals surface area contributed by atoms with Crippen molar-refractivity contribution in [2.75, 3.05) is 13.2 Å². The highest BCUT2D eigenvalue weighted by atomic mass is 16.7. The summed E-state index contributed by atoms with van der Waals surface area (Å²) in [5.41, 5.74) is 0.185. The predicted octanol–water partition coefficient (Wildman–Crippen LogP) is 2.99. The Bertz CT molecular complexity index is 309. The molecule has 1 heterocycles. The van der Waals surface area contributed by atoms with Crippen molar-refractivity contribution in [3.05, 3.63) is 12.2 Å². The predicted molar refractivity (Wildman–Crippen MR) is 62.9 cm³/mol. The molecule has 0 radical (unpaired) electrons. The SMILES string of the molecule is C[C@H]1C=C[C@@H]2CC3(C[C@@H]21)OCC(C)(C)CO3. The van der Waals surface area contributed by atoms with Crippen molar-refractivity contribution in [1.29, 1.82) is 0 Å². The van der Waals surface area contributed by atoms with Crippen molar-refractivity contribution in [3.63, 3.8) is 0 Å². The van der Waals surface area contributed by atoms with Gasteiger partial charge in [0.2, 0.25) is 0 Å². The fourth-order valence-electron chi connectivity index (χ4n) is 3.32. The molecule has 2 fully saturated rings. The molecule has 0 aromatic heterocycles. The first-order valence-corrected chi connectivity index (χ1v) is 6.46. The smallest absolute Gasteiger partial charge is 0.169 e. The van der Waals surface area contributed by atoms with Gasteiger partial charge in [-0.05, 0) is 17.8 Å². The van der Waals surface area contributed by atoms with E-state index in [1.54, 1.807) is 0 Å². The molecule has 0 N–H and O–H groups in total. The maximum Gasteiger partial charge on any atom is 0.169 e. The topological polar surface area (TPSA) is 18.5 Å². The minimum absolute atomic E-state index is 0.185. The van der Waals surface area contributed by atoms with Crippen LogP contribution in [0.1, 0.15) is 33.6 Å². The van der Waals surface area contributed by atoms with Gasteiger partial charge in [0.15, 0.2) is 5.79 Å². The van der Waals surface area contributed by atoms with Gasteiger partial charge in [-0.25, -0.2) is 0 Å². The lowest BCUT2D eigenvalue weighted by molar-refractivity contribution is -0.297. The van der Waals surface area contributed by atoms with Gasteiger partial charge >= 0.3 is 0 Å². The molecule has 2 aliphatic carbocycles. The number of hydrogen-bond acceptors (Lipinski definition) is 2. The number of rotatable bonds is 0. The number of fused-ring (bicyclic) bond motifs is 1. The zero-order valence-corrected chi connectivity index (χ0v) is 10.5. The summed E-state index contributed by atoms with van der Waals surface area (Å²) in [5, 5.41) is 0. The minimum atomic E-state index is -0.246. The normalized spacial score (nSPS) is 43.8. The largest absolute Gasteiger partial charge is 0.349 e. The van der Waals surface area contributed by atoms with Gasteiger partial charge in [-0.15, -0.1) is 0 Å². The van der Waals surface area contributed by atoms with E-state index in [0.717, 1.165) is 32.0 Å². The van der Waals surface area contributed by atoms with Crippen LogP contribution in [0, 0.1) is 23.2 Å². The molecule has 0 amide bonds. The van der Waals surface area contributed by atoms with Gasteiger partial charge in [0, 0.05) is 18.3 Å². The van der Waals surface area contributed by atoms with Crippen LogP contribution in [0.2, 0.25) is 0 Å². The van der Waals surface area contributed by atoms with E-state index >= 15 is 0 Å². The average Bonchev–Trinajstić information content (AvgIpc) is 2.73. The number of allylic oxidation sites excluding steroid dienone is 2. The first kappa shape index (κ1) is 10.8. The second-order valence-electron chi connectivity index (χ2n) is 6.63. The number of hydrogen-bond donors (Lipinski definition) is 0. The highest BCUT2D eigenvalue weighted by Gasteiger charge is 2.52. The lowest BCUT2D eigenvalue weighted by Gasteiger charge is -2.42. The van der Waals surface area contributed by atoms with E-state index in [1.807, 2.05) is 0 Å². The molecule has 3 atom stereocenters. The Kier molecular flexibility index (Phi) is 2.25. The maximum atomic E-state index is 6.07. The van der Waals surface area contributed by atoms with Crippen molar-refractivity contribution < 1.29 is 9.47 Å². The zero-order chi connectivity index (χ0) is 11.4. The second kappa shape index (κ2) is 3.33. The Balaban J connectivity index is 1.72. The molecule has 1 spiro atoms. The molecule has 1 saturated heterocycles. The second-order valence-corrected chi connectivity index (χ2v) is 6.63. The Labute approximate surface area is 98.0 Å². The summed E-state index contributed by atoms with van der Waals surface area (Å²) in [6.07, 6.45) is 6.88.